The van der Waals surface area contributed by atoms with E-state index in [1.54, 1.807) is 56.3 Å². The van der Waals surface area contributed by atoms with E-state index in [1.807, 2.05) is 0 Å². The number of aliphatic carboxylic acids is 1. The summed E-state index contributed by atoms with van der Waals surface area (Å²) in [6.45, 7) is 7.41. The SMILES string of the molecule is CC(C)[C@H](NC(=O)[C@H](Cc1ccc(O)cc1)NC(=O)[C@H](Cc1ccccc1)NC(=O)[C@@H](NC(=O)[C@H](C)[NH3+])[C@@H](C)O)C(=O)N[C@@H](C)C(=O)O. The molecule has 0 unspecified atom stereocenters. The molecule has 0 aliphatic heterocycles. The number of phenolic OH excluding ortho intramolecular Hbond substituents is 1. The fraction of sp³-hybridized carbons (Fsp3) is 0.455. The zero-order valence-corrected chi connectivity index (χ0v) is 27.7. The van der Waals surface area contributed by atoms with Crippen LogP contribution in [0.5, 0.6) is 5.75 Å². The number of hydrogen-bond donors (Lipinski definition) is 9. The summed E-state index contributed by atoms with van der Waals surface area (Å²) in [6.07, 6.45) is -1.44. The lowest BCUT2D eigenvalue weighted by Gasteiger charge is -2.28. The van der Waals surface area contributed by atoms with Gasteiger partial charge in [0.15, 0.2) is 6.04 Å². The Morgan fingerprint density at radius 1 is 0.625 bits per heavy atom. The van der Waals surface area contributed by atoms with Crippen molar-refractivity contribution in [2.24, 2.45) is 5.92 Å². The topological polar surface area (TPSA) is 251 Å². The lowest BCUT2D eigenvalue weighted by molar-refractivity contribution is -0.398. The minimum atomic E-state index is -1.41. The molecule has 0 radical (unpaired) electrons. The van der Waals surface area contributed by atoms with E-state index in [4.69, 9.17) is 0 Å². The van der Waals surface area contributed by atoms with Crippen LogP contribution in [0.4, 0.5) is 0 Å². The summed E-state index contributed by atoms with van der Waals surface area (Å²) < 4.78 is 0. The largest absolute Gasteiger partial charge is 0.508 e. The first-order chi connectivity index (χ1) is 22.5. The summed E-state index contributed by atoms with van der Waals surface area (Å²) in [5.74, 6) is -5.48. The van der Waals surface area contributed by atoms with E-state index in [9.17, 15) is 44.1 Å². The molecule has 7 atom stereocenters. The second kappa shape index (κ2) is 18.4. The van der Waals surface area contributed by atoms with E-state index in [2.05, 4.69) is 32.3 Å². The maximum atomic E-state index is 13.9. The zero-order chi connectivity index (χ0) is 36.1. The van der Waals surface area contributed by atoms with Crippen molar-refractivity contribution >= 4 is 35.5 Å². The van der Waals surface area contributed by atoms with Crippen LogP contribution in [0.1, 0.15) is 45.7 Å². The fourth-order valence-corrected chi connectivity index (χ4v) is 4.52. The Morgan fingerprint density at radius 3 is 1.56 bits per heavy atom. The lowest BCUT2D eigenvalue weighted by atomic mass is 9.99. The van der Waals surface area contributed by atoms with Gasteiger partial charge in [-0.05, 0) is 49.9 Å². The lowest BCUT2D eigenvalue weighted by Crippen LogP contribution is -2.68. The third-order valence-electron chi connectivity index (χ3n) is 7.41. The Hall–Kier alpha value is -5.02. The minimum Gasteiger partial charge on any atom is -0.508 e. The Kier molecular flexibility index (Phi) is 15.0. The molecule has 0 bridgehead atoms. The van der Waals surface area contributed by atoms with Crippen molar-refractivity contribution in [1.82, 2.24) is 26.6 Å². The number of benzene rings is 2. The highest BCUT2D eigenvalue weighted by Crippen LogP contribution is 2.13. The summed E-state index contributed by atoms with van der Waals surface area (Å²) >= 11 is 0. The summed E-state index contributed by atoms with van der Waals surface area (Å²) in [5.41, 5.74) is 4.82. The van der Waals surface area contributed by atoms with Gasteiger partial charge in [-0.15, -0.1) is 0 Å². The summed E-state index contributed by atoms with van der Waals surface area (Å²) in [4.78, 5) is 77.5. The van der Waals surface area contributed by atoms with Gasteiger partial charge < -0.3 is 47.6 Å². The molecular formula is C33H47N6O9+. The molecule has 2 aromatic rings. The van der Waals surface area contributed by atoms with Crippen molar-refractivity contribution in [1.29, 1.82) is 0 Å². The molecule has 15 nitrogen and oxygen atoms in total. The number of carbonyl (C=O) groups excluding carboxylic acids is 5. The number of aromatic hydroxyl groups is 1. The molecule has 0 aromatic heterocycles. The molecule has 0 spiro atoms. The number of aliphatic hydroxyl groups excluding tert-OH is 1. The average Bonchev–Trinajstić information content (AvgIpc) is 3.02. The van der Waals surface area contributed by atoms with Gasteiger partial charge in [0.1, 0.15) is 36.0 Å². The highest BCUT2D eigenvalue weighted by molar-refractivity contribution is 5.96. The molecule has 0 saturated heterocycles. The predicted octanol–water partition coefficient (Wildman–Crippen LogP) is -1.63. The van der Waals surface area contributed by atoms with Crippen LogP contribution in [0, 0.1) is 5.92 Å². The van der Waals surface area contributed by atoms with E-state index in [0.717, 1.165) is 0 Å². The van der Waals surface area contributed by atoms with Crippen LogP contribution in [-0.4, -0.2) is 93.2 Å². The van der Waals surface area contributed by atoms with Gasteiger partial charge >= 0.3 is 5.97 Å². The van der Waals surface area contributed by atoms with Gasteiger partial charge in [-0.1, -0.05) is 56.3 Å². The van der Waals surface area contributed by atoms with Gasteiger partial charge in [-0.25, -0.2) is 0 Å². The first-order valence-electron chi connectivity index (χ1n) is 15.6. The molecule has 2 aromatic carbocycles. The van der Waals surface area contributed by atoms with E-state index in [1.165, 1.54) is 32.9 Å². The number of quaternary nitrogens is 1. The maximum Gasteiger partial charge on any atom is 0.325 e. The number of carboxylic acid groups (broad SMARTS) is 1. The van der Waals surface area contributed by atoms with Crippen LogP contribution < -0.4 is 32.3 Å². The van der Waals surface area contributed by atoms with Crippen molar-refractivity contribution < 1.29 is 49.8 Å². The van der Waals surface area contributed by atoms with Gasteiger partial charge in [0.05, 0.1) is 6.10 Å². The normalized spacial score (nSPS) is 15.4. The third kappa shape index (κ3) is 12.3. The highest BCUT2D eigenvalue weighted by Gasteiger charge is 2.34. The van der Waals surface area contributed by atoms with Gasteiger partial charge in [0.25, 0.3) is 5.91 Å². The van der Waals surface area contributed by atoms with E-state index in [0.29, 0.717) is 11.1 Å². The number of amides is 5. The van der Waals surface area contributed by atoms with Crippen molar-refractivity contribution in [3.05, 3.63) is 65.7 Å². The Labute approximate surface area is 279 Å². The van der Waals surface area contributed by atoms with Gasteiger partial charge in [-0.2, -0.15) is 0 Å². The Balaban J connectivity index is 2.42. The van der Waals surface area contributed by atoms with Crippen LogP contribution in [0.25, 0.3) is 0 Å². The first-order valence-corrected chi connectivity index (χ1v) is 15.6. The molecule has 0 aliphatic rings. The van der Waals surface area contributed by atoms with Crippen molar-refractivity contribution in [3.63, 3.8) is 0 Å². The zero-order valence-electron chi connectivity index (χ0n) is 27.7. The number of rotatable bonds is 17. The van der Waals surface area contributed by atoms with Gasteiger partial charge in [0.2, 0.25) is 23.6 Å². The maximum absolute atomic E-state index is 13.9. The smallest absolute Gasteiger partial charge is 0.325 e. The van der Waals surface area contributed by atoms with Crippen molar-refractivity contribution in [3.8, 4) is 5.75 Å². The van der Waals surface area contributed by atoms with Crippen molar-refractivity contribution in [2.45, 2.75) is 89.8 Å². The molecule has 0 saturated carbocycles. The van der Waals surface area contributed by atoms with Crippen LogP contribution in [0.2, 0.25) is 0 Å². The number of hydrogen-bond acceptors (Lipinski definition) is 8. The molecular weight excluding hydrogens is 624 g/mol. The quantitative estimate of drug-likeness (QED) is 0.0935. The third-order valence-corrected chi connectivity index (χ3v) is 7.41. The van der Waals surface area contributed by atoms with Gasteiger partial charge in [-0.3, -0.25) is 28.8 Å². The number of aliphatic hydroxyl groups is 1. The monoisotopic (exact) mass is 671 g/mol. The summed E-state index contributed by atoms with van der Waals surface area (Å²) in [5, 5.41) is 41.9. The van der Waals surface area contributed by atoms with E-state index >= 15 is 0 Å². The van der Waals surface area contributed by atoms with Crippen LogP contribution in [-0.2, 0) is 41.6 Å². The molecule has 2 rings (SSSR count). The van der Waals surface area contributed by atoms with Crippen LogP contribution >= 0.6 is 0 Å². The highest BCUT2D eigenvalue weighted by atomic mass is 16.4. The van der Waals surface area contributed by atoms with Crippen LogP contribution in [0.15, 0.2) is 54.6 Å². The molecule has 0 aliphatic carbocycles. The number of carboxylic acids is 1. The number of nitrogens with one attached hydrogen (secondary N) is 5. The predicted molar refractivity (Wildman–Crippen MR) is 174 cm³/mol. The molecule has 0 fully saturated rings. The molecule has 15 heteroatoms. The number of carbonyl (C=O) groups is 6. The minimum absolute atomic E-state index is 0.0217. The second-order valence-electron chi connectivity index (χ2n) is 12.1. The standard InChI is InChI=1S/C33H46N6O9/c1-17(2)26(31(45)35-19(4)33(47)48)38-30(44)25(16-22-11-13-23(41)14-12-22)36-29(43)24(15-21-9-7-6-8-10-21)37-32(46)27(20(5)40)39-28(42)18(3)34/h6-14,17-20,24-27,40-41H,15-16,34H2,1-5H3,(H,35,45)(H,36,43)(H,37,46)(H,38,44)(H,39,42)(H,47,48)/p+1/t18-,19-,20+,24-,25-,26-,27-/m0/s1. The Morgan fingerprint density at radius 2 is 1.08 bits per heavy atom. The number of phenols is 1. The summed E-state index contributed by atoms with van der Waals surface area (Å²) in [6, 6.07) is 7.49. The molecule has 48 heavy (non-hydrogen) atoms. The first kappa shape index (κ1) is 39.2. The molecule has 262 valence electrons. The van der Waals surface area contributed by atoms with Gasteiger partial charge in [0, 0.05) is 12.8 Å². The van der Waals surface area contributed by atoms with Crippen LogP contribution in [0.3, 0.4) is 0 Å². The molecule has 11 N–H and O–H groups in total. The summed E-state index contributed by atoms with van der Waals surface area (Å²) in [7, 11) is 0. The Bertz CT molecular complexity index is 1420. The molecule has 5 amide bonds. The van der Waals surface area contributed by atoms with E-state index < -0.39 is 83.8 Å². The fourth-order valence-electron chi connectivity index (χ4n) is 4.52. The van der Waals surface area contributed by atoms with E-state index in [-0.39, 0.29) is 18.6 Å². The average molecular weight is 672 g/mol. The molecule has 0 heterocycles. The van der Waals surface area contributed by atoms with Crippen molar-refractivity contribution in [2.75, 3.05) is 0 Å². The second-order valence-corrected chi connectivity index (χ2v) is 12.1.